The Labute approximate surface area is 240 Å². The Kier molecular flexibility index (Phi) is 10.9. The van der Waals surface area contributed by atoms with E-state index in [1.54, 1.807) is 26.0 Å². The van der Waals surface area contributed by atoms with Gasteiger partial charge in [0.05, 0.1) is 49.7 Å². The maximum absolute atomic E-state index is 11.8. The fourth-order valence-electron chi connectivity index (χ4n) is 4.89. The highest BCUT2D eigenvalue weighted by Crippen LogP contribution is 2.42. The second-order valence-electron chi connectivity index (χ2n) is 10.1. The summed E-state index contributed by atoms with van der Waals surface area (Å²) in [4.78, 5) is 23.5. The molecule has 2 aliphatic heterocycles. The predicted octanol–water partition coefficient (Wildman–Crippen LogP) is 4.80. The number of esters is 2. The highest BCUT2D eigenvalue weighted by atomic mass is 16.6. The second-order valence-corrected chi connectivity index (χ2v) is 10.1. The van der Waals surface area contributed by atoms with Crippen molar-refractivity contribution in [3.05, 3.63) is 69.8 Å². The SMILES string of the molecule is CCOC(=O)CCCc1ccc(C#N)c([C@@H](O[C@H](c2cc(CCCC(=O)OCC)ccc2C#N)C2CO2)C2CO2)c1. The first-order chi connectivity index (χ1) is 20.0. The van der Waals surface area contributed by atoms with E-state index in [-0.39, 0.29) is 24.1 Å². The summed E-state index contributed by atoms with van der Waals surface area (Å²) in [5.74, 6) is -0.449. The first-order valence-electron chi connectivity index (χ1n) is 14.2. The van der Waals surface area contributed by atoms with E-state index < -0.39 is 12.2 Å². The summed E-state index contributed by atoms with van der Waals surface area (Å²) in [5, 5.41) is 19.8. The van der Waals surface area contributed by atoms with Gasteiger partial charge in [-0.05, 0) is 62.8 Å². The number of carbonyl (C=O) groups excluding carboxylic acids is 2. The van der Waals surface area contributed by atoms with Gasteiger partial charge in [-0.2, -0.15) is 10.5 Å². The molecule has 0 amide bonds. The quantitative estimate of drug-likeness (QED) is 0.210. The van der Waals surface area contributed by atoms with Crippen LogP contribution >= 0.6 is 0 Å². The van der Waals surface area contributed by atoms with E-state index in [1.807, 2.05) is 24.3 Å². The van der Waals surface area contributed by atoms with Crippen LogP contribution in [0, 0.1) is 22.7 Å². The molecule has 0 aromatic heterocycles. The van der Waals surface area contributed by atoms with Gasteiger partial charge in [-0.15, -0.1) is 0 Å². The highest BCUT2D eigenvalue weighted by molar-refractivity contribution is 5.69. The third kappa shape index (κ3) is 8.61. The van der Waals surface area contributed by atoms with E-state index >= 15 is 0 Å². The lowest BCUT2D eigenvalue weighted by Gasteiger charge is -2.26. The second kappa shape index (κ2) is 14.7. The molecule has 2 aromatic carbocycles. The van der Waals surface area contributed by atoms with Crippen molar-refractivity contribution >= 4 is 11.9 Å². The van der Waals surface area contributed by atoms with Crippen LogP contribution in [0.5, 0.6) is 0 Å². The van der Waals surface area contributed by atoms with Crippen molar-refractivity contribution in [3.8, 4) is 12.1 Å². The lowest BCUT2D eigenvalue weighted by molar-refractivity contribution is -0.144. The lowest BCUT2D eigenvalue weighted by Crippen LogP contribution is -2.21. The van der Waals surface area contributed by atoms with E-state index in [0.29, 0.717) is 76.1 Å². The molecule has 2 heterocycles. The predicted molar refractivity (Wildman–Crippen MR) is 148 cm³/mol. The minimum Gasteiger partial charge on any atom is -0.466 e. The number of benzene rings is 2. The molecule has 0 saturated carbocycles. The summed E-state index contributed by atoms with van der Waals surface area (Å²) in [6.07, 6.45) is 1.67. The smallest absolute Gasteiger partial charge is 0.305 e. The van der Waals surface area contributed by atoms with E-state index in [9.17, 15) is 20.1 Å². The lowest BCUT2D eigenvalue weighted by atomic mass is 9.94. The Morgan fingerprint density at radius 1 is 0.805 bits per heavy atom. The average molecular weight is 561 g/mol. The first-order valence-corrected chi connectivity index (χ1v) is 14.2. The number of nitrogens with zero attached hydrogens (tertiary/aromatic N) is 2. The standard InChI is InChI=1S/C32H36N2O7/c1-3-37-29(35)9-5-7-21-11-13-23(17-33)25(15-21)31(27-19-39-27)41-32(28-20-40-28)26-16-22(12-14-24(26)18-34)8-6-10-30(36)38-4-2/h11-16,27-28,31-32H,3-10,19-20H2,1-2H3/t27?,28?,31-,32-/m1/s1. The zero-order valence-electron chi connectivity index (χ0n) is 23.6. The van der Waals surface area contributed by atoms with Gasteiger partial charge in [0.1, 0.15) is 24.4 Å². The van der Waals surface area contributed by atoms with Crippen LogP contribution in [0.4, 0.5) is 0 Å². The molecule has 2 aromatic rings. The van der Waals surface area contributed by atoms with Crippen LogP contribution in [0.1, 0.15) is 85.1 Å². The van der Waals surface area contributed by atoms with Crippen molar-refractivity contribution in [2.24, 2.45) is 0 Å². The number of hydrogen-bond donors (Lipinski definition) is 0. The average Bonchev–Trinajstić information content (AvgIpc) is 3.89. The van der Waals surface area contributed by atoms with Gasteiger partial charge in [-0.25, -0.2) is 0 Å². The van der Waals surface area contributed by atoms with Crippen molar-refractivity contribution in [2.45, 2.75) is 76.8 Å². The Balaban J connectivity index is 1.55. The number of rotatable bonds is 16. The Bertz CT molecular complexity index is 1200. The molecule has 4 atom stereocenters. The summed E-state index contributed by atoms with van der Waals surface area (Å²) in [7, 11) is 0. The monoisotopic (exact) mass is 560 g/mol. The number of nitriles is 2. The van der Waals surface area contributed by atoms with E-state index in [1.165, 1.54) is 0 Å². The van der Waals surface area contributed by atoms with Gasteiger partial charge in [0.15, 0.2) is 0 Å². The fraction of sp³-hybridized carbons (Fsp3) is 0.500. The van der Waals surface area contributed by atoms with Crippen molar-refractivity contribution in [2.75, 3.05) is 26.4 Å². The Hall–Kier alpha value is -3.76. The van der Waals surface area contributed by atoms with Crippen LogP contribution < -0.4 is 0 Å². The molecule has 216 valence electrons. The van der Waals surface area contributed by atoms with E-state index in [4.69, 9.17) is 23.7 Å². The molecule has 4 rings (SSSR count). The minimum atomic E-state index is -0.539. The maximum Gasteiger partial charge on any atom is 0.305 e. The highest BCUT2D eigenvalue weighted by Gasteiger charge is 2.43. The molecule has 9 nitrogen and oxygen atoms in total. The van der Waals surface area contributed by atoms with Crippen molar-refractivity contribution in [1.82, 2.24) is 0 Å². The summed E-state index contributed by atoms with van der Waals surface area (Å²) in [5.41, 5.74) is 4.39. The molecule has 2 saturated heterocycles. The van der Waals surface area contributed by atoms with Crippen molar-refractivity contribution in [3.63, 3.8) is 0 Å². The summed E-state index contributed by atoms with van der Waals surface area (Å²) in [6, 6.07) is 15.8. The van der Waals surface area contributed by atoms with Gasteiger partial charge in [0.2, 0.25) is 0 Å². The van der Waals surface area contributed by atoms with Crippen LogP contribution in [-0.4, -0.2) is 50.6 Å². The molecule has 0 aliphatic carbocycles. The van der Waals surface area contributed by atoms with Crippen LogP contribution in [-0.2, 0) is 46.1 Å². The normalized spacial score (nSPS) is 18.4. The van der Waals surface area contributed by atoms with E-state index in [2.05, 4.69) is 12.1 Å². The summed E-state index contributed by atoms with van der Waals surface area (Å²) < 4.78 is 28.1. The van der Waals surface area contributed by atoms with Crippen LogP contribution in [0.15, 0.2) is 36.4 Å². The topological polar surface area (TPSA) is 134 Å². The minimum absolute atomic E-state index is 0.224. The zero-order chi connectivity index (χ0) is 29.2. The molecular formula is C32H36N2O7. The number of aryl methyl sites for hydroxylation is 2. The molecular weight excluding hydrogens is 524 g/mol. The van der Waals surface area contributed by atoms with Crippen LogP contribution in [0.3, 0.4) is 0 Å². The molecule has 2 aliphatic rings. The molecule has 2 unspecified atom stereocenters. The summed E-state index contributed by atoms with van der Waals surface area (Å²) >= 11 is 0. The van der Waals surface area contributed by atoms with Gasteiger partial charge in [-0.1, -0.05) is 24.3 Å². The van der Waals surface area contributed by atoms with Crippen molar-refractivity contribution in [1.29, 1.82) is 10.5 Å². The van der Waals surface area contributed by atoms with Gasteiger partial charge in [0, 0.05) is 24.0 Å². The van der Waals surface area contributed by atoms with Gasteiger partial charge < -0.3 is 23.7 Å². The number of hydrogen-bond acceptors (Lipinski definition) is 9. The van der Waals surface area contributed by atoms with Crippen molar-refractivity contribution < 1.29 is 33.3 Å². The third-order valence-corrected chi connectivity index (χ3v) is 7.08. The largest absolute Gasteiger partial charge is 0.466 e. The Morgan fingerprint density at radius 2 is 1.22 bits per heavy atom. The summed E-state index contributed by atoms with van der Waals surface area (Å²) in [6.45, 7) is 5.28. The molecule has 0 bridgehead atoms. The van der Waals surface area contributed by atoms with Gasteiger partial charge in [0.25, 0.3) is 0 Å². The molecule has 9 heteroatoms. The molecule has 0 spiro atoms. The first kappa shape index (κ1) is 30.2. The van der Waals surface area contributed by atoms with Gasteiger partial charge in [-0.3, -0.25) is 9.59 Å². The zero-order valence-corrected chi connectivity index (χ0v) is 23.6. The molecule has 0 N–H and O–H groups in total. The fourth-order valence-corrected chi connectivity index (χ4v) is 4.89. The molecule has 0 radical (unpaired) electrons. The van der Waals surface area contributed by atoms with Crippen LogP contribution in [0.2, 0.25) is 0 Å². The number of epoxide rings is 2. The maximum atomic E-state index is 11.8. The molecule has 2 fully saturated rings. The number of ether oxygens (including phenoxy) is 5. The Morgan fingerprint density at radius 3 is 1.56 bits per heavy atom. The third-order valence-electron chi connectivity index (χ3n) is 7.08. The van der Waals surface area contributed by atoms with Gasteiger partial charge >= 0.3 is 11.9 Å². The number of carbonyl (C=O) groups is 2. The van der Waals surface area contributed by atoms with Crippen LogP contribution in [0.25, 0.3) is 0 Å². The van der Waals surface area contributed by atoms with E-state index in [0.717, 1.165) is 22.3 Å². The molecule has 41 heavy (non-hydrogen) atoms.